The number of anilines is 1. The summed E-state index contributed by atoms with van der Waals surface area (Å²) in [5, 5.41) is 6.41. The van der Waals surface area contributed by atoms with E-state index in [0.717, 1.165) is 18.4 Å². The van der Waals surface area contributed by atoms with Crippen molar-refractivity contribution in [2.45, 2.75) is 25.4 Å². The van der Waals surface area contributed by atoms with E-state index in [2.05, 4.69) is 15.5 Å². The summed E-state index contributed by atoms with van der Waals surface area (Å²) >= 11 is 18.1. The van der Waals surface area contributed by atoms with Crippen LogP contribution in [0.2, 0.25) is 15.1 Å². The molecule has 0 bridgehead atoms. The molecule has 2 aromatic carbocycles. The van der Waals surface area contributed by atoms with E-state index in [4.69, 9.17) is 34.8 Å². The van der Waals surface area contributed by atoms with E-state index in [-0.39, 0.29) is 18.4 Å². The molecule has 0 radical (unpaired) electrons. The number of rotatable bonds is 7. The average Bonchev–Trinajstić information content (AvgIpc) is 3.51. The fourth-order valence-corrected chi connectivity index (χ4v) is 3.48. The second-order valence-electron chi connectivity index (χ2n) is 6.71. The van der Waals surface area contributed by atoms with Crippen LogP contribution in [0.4, 0.5) is 5.69 Å². The molecular formula is C20H20Cl3N3O2. The third kappa shape index (κ3) is 5.39. The Bertz CT molecular complexity index is 883. The molecule has 28 heavy (non-hydrogen) atoms. The first-order valence-corrected chi connectivity index (χ1v) is 10.00. The standard InChI is InChI=1S/C20H20Cl3N3O2/c1-24-20(28)13-4-2-12(3-5-13)10-26(14-6-7-14)11-19(27)25-18-9-16(22)15(21)8-17(18)23/h2-5,8-9,14H,6-7,10-11H2,1H3,(H,24,28)(H,25,27). The van der Waals surface area contributed by atoms with Crippen LogP contribution in [-0.4, -0.2) is 36.3 Å². The van der Waals surface area contributed by atoms with E-state index in [0.29, 0.717) is 38.9 Å². The van der Waals surface area contributed by atoms with Crippen LogP contribution in [0.1, 0.15) is 28.8 Å². The highest BCUT2D eigenvalue weighted by Crippen LogP contribution is 2.32. The smallest absolute Gasteiger partial charge is 0.251 e. The molecule has 1 saturated carbocycles. The summed E-state index contributed by atoms with van der Waals surface area (Å²) in [6.07, 6.45) is 2.13. The Kier molecular flexibility index (Phi) is 6.83. The maximum Gasteiger partial charge on any atom is 0.251 e. The number of nitrogens with zero attached hydrogens (tertiary/aromatic N) is 1. The predicted octanol–water partition coefficient (Wildman–Crippen LogP) is 4.61. The average molecular weight is 441 g/mol. The number of halogens is 3. The maximum atomic E-state index is 12.5. The van der Waals surface area contributed by atoms with Crippen LogP contribution in [0.5, 0.6) is 0 Å². The fraction of sp³-hybridized carbons (Fsp3) is 0.300. The molecule has 3 rings (SSSR count). The van der Waals surface area contributed by atoms with E-state index in [9.17, 15) is 9.59 Å². The first-order valence-electron chi connectivity index (χ1n) is 8.87. The first-order chi connectivity index (χ1) is 13.4. The Labute approximate surface area is 178 Å². The van der Waals surface area contributed by atoms with Gasteiger partial charge in [-0.1, -0.05) is 46.9 Å². The minimum Gasteiger partial charge on any atom is -0.355 e. The van der Waals surface area contributed by atoms with Gasteiger partial charge in [-0.25, -0.2) is 0 Å². The summed E-state index contributed by atoms with van der Waals surface area (Å²) in [4.78, 5) is 26.3. The maximum absolute atomic E-state index is 12.5. The van der Waals surface area contributed by atoms with Gasteiger partial charge >= 0.3 is 0 Å². The van der Waals surface area contributed by atoms with Crippen LogP contribution in [0.25, 0.3) is 0 Å². The number of nitrogens with one attached hydrogen (secondary N) is 2. The monoisotopic (exact) mass is 439 g/mol. The zero-order valence-electron chi connectivity index (χ0n) is 15.3. The first kappa shape index (κ1) is 20.9. The number of carbonyl (C=O) groups excluding carboxylic acids is 2. The van der Waals surface area contributed by atoms with Gasteiger partial charge in [-0.3, -0.25) is 14.5 Å². The Morgan fingerprint density at radius 2 is 1.68 bits per heavy atom. The zero-order valence-corrected chi connectivity index (χ0v) is 17.5. The predicted molar refractivity (Wildman–Crippen MR) is 113 cm³/mol. The Morgan fingerprint density at radius 1 is 1.04 bits per heavy atom. The van der Waals surface area contributed by atoms with Crippen LogP contribution in [-0.2, 0) is 11.3 Å². The molecule has 1 aliphatic rings. The molecule has 5 nitrogen and oxygen atoms in total. The van der Waals surface area contributed by atoms with Crippen LogP contribution in [0, 0.1) is 0 Å². The van der Waals surface area contributed by atoms with E-state index in [1.807, 2.05) is 12.1 Å². The largest absolute Gasteiger partial charge is 0.355 e. The van der Waals surface area contributed by atoms with Gasteiger partial charge in [0.2, 0.25) is 5.91 Å². The molecule has 2 amide bonds. The number of carbonyl (C=O) groups is 2. The molecule has 0 aliphatic heterocycles. The lowest BCUT2D eigenvalue weighted by Crippen LogP contribution is -2.34. The van der Waals surface area contributed by atoms with Crippen molar-refractivity contribution in [3.8, 4) is 0 Å². The van der Waals surface area contributed by atoms with Gasteiger partial charge < -0.3 is 10.6 Å². The Balaban J connectivity index is 1.64. The van der Waals surface area contributed by atoms with Gasteiger partial charge in [0, 0.05) is 25.2 Å². The number of hydrogen-bond donors (Lipinski definition) is 2. The van der Waals surface area contributed by atoms with E-state index in [1.54, 1.807) is 25.2 Å². The van der Waals surface area contributed by atoms with E-state index >= 15 is 0 Å². The van der Waals surface area contributed by atoms with Crippen molar-refractivity contribution in [3.63, 3.8) is 0 Å². The fourth-order valence-electron chi connectivity index (χ4n) is 2.89. The van der Waals surface area contributed by atoms with Gasteiger partial charge in [0.05, 0.1) is 27.3 Å². The minimum absolute atomic E-state index is 0.122. The molecule has 0 unspecified atom stereocenters. The van der Waals surface area contributed by atoms with Crippen LogP contribution < -0.4 is 10.6 Å². The third-order valence-corrected chi connectivity index (χ3v) is 5.56. The second kappa shape index (κ2) is 9.14. The Hall–Kier alpha value is -1.79. The summed E-state index contributed by atoms with van der Waals surface area (Å²) in [5.41, 5.74) is 2.09. The van der Waals surface area contributed by atoms with Gasteiger partial charge in [-0.2, -0.15) is 0 Å². The highest BCUT2D eigenvalue weighted by Gasteiger charge is 2.30. The van der Waals surface area contributed by atoms with Crippen molar-refractivity contribution in [1.82, 2.24) is 10.2 Å². The summed E-state index contributed by atoms with van der Waals surface area (Å²) in [6.45, 7) is 0.861. The molecule has 148 valence electrons. The van der Waals surface area contributed by atoms with Crippen LogP contribution in [0.15, 0.2) is 36.4 Å². The lowest BCUT2D eigenvalue weighted by molar-refractivity contribution is -0.117. The molecule has 1 fully saturated rings. The lowest BCUT2D eigenvalue weighted by Gasteiger charge is -2.22. The van der Waals surface area contributed by atoms with Gasteiger partial charge in [-0.15, -0.1) is 0 Å². The molecule has 8 heteroatoms. The van der Waals surface area contributed by atoms with Crippen molar-refractivity contribution in [2.24, 2.45) is 0 Å². The van der Waals surface area contributed by atoms with Crippen LogP contribution in [0.3, 0.4) is 0 Å². The molecule has 0 spiro atoms. The molecule has 2 aromatic rings. The van der Waals surface area contributed by atoms with Crippen molar-refractivity contribution < 1.29 is 9.59 Å². The van der Waals surface area contributed by atoms with Crippen LogP contribution >= 0.6 is 34.8 Å². The molecule has 1 aliphatic carbocycles. The molecule has 0 heterocycles. The number of amides is 2. The second-order valence-corrected chi connectivity index (χ2v) is 7.93. The normalized spacial score (nSPS) is 13.5. The van der Waals surface area contributed by atoms with Gasteiger partial charge in [0.25, 0.3) is 5.91 Å². The highest BCUT2D eigenvalue weighted by atomic mass is 35.5. The SMILES string of the molecule is CNC(=O)c1ccc(CN(CC(=O)Nc2cc(Cl)c(Cl)cc2Cl)C2CC2)cc1. The molecule has 2 N–H and O–H groups in total. The quantitative estimate of drug-likeness (QED) is 0.618. The van der Waals surface area contributed by atoms with E-state index in [1.165, 1.54) is 6.07 Å². The van der Waals surface area contributed by atoms with Crippen molar-refractivity contribution in [1.29, 1.82) is 0 Å². The molecule has 0 atom stereocenters. The summed E-state index contributed by atoms with van der Waals surface area (Å²) in [6, 6.07) is 10.8. The molecule has 0 saturated heterocycles. The van der Waals surface area contributed by atoms with E-state index < -0.39 is 0 Å². The highest BCUT2D eigenvalue weighted by molar-refractivity contribution is 6.44. The van der Waals surface area contributed by atoms with Gasteiger partial charge in [0.1, 0.15) is 0 Å². The summed E-state index contributed by atoms with van der Waals surface area (Å²) < 4.78 is 0. The minimum atomic E-state index is -0.172. The third-order valence-electron chi connectivity index (χ3n) is 4.52. The Morgan fingerprint density at radius 3 is 2.29 bits per heavy atom. The molecule has 0 aromatic heterocycles. The van der Waals surface area contributed by atoms with Crippen molar-refractivity contribution in [2.75, 3.05) is 18.9 Å². The van der Waals surface area contributed by atoms with Crippen molar-refractivity contribution in [3.05, 3.63) is 62.6 Å². The number of hydrogen-bond acceptors (Lipinski definition) is 3. The summed E-state index contributed by atoms with van der Waals surface area (Å²) in [7, 11) is 1.60. The molecular weight excluding hydrogens is 421 g/mol. The number of benzene rings is 2. The van der Waals surface area contributed by atoms with Gasteiger partial charge in [-0.05, 0) is 42.7 Å². The lowest BCUT2D eigenvalue weighted by atomic mass is 10.1. The topological polar surface area (TPSA) is 61.4 Å². The van der Waals surface area contributed by atoms with Gasteiger partial charge in [0.15, 0.2) is 0 Å². The summed E-state index contributed by atoms with van der Waals surface area (Å²) in [5.74, 6) is -0.294. The van der Waals surface area contributed by atoms with Crippen molar-refractivity contribution >= 4 is 52.3 Å². The zero-order chi connectivity index (χ0) is 20.3.